The van der Waals surface area contributed by atoms with E-state index in [0.717, 1.165) is 25.3 Å². The minimum Gasteiger partial charge on any atom is -0.497 e. The molecule has 1 aromatic heterocycles. The summed E-state index contributed by atoms with van der Waals surface area (Å²) in [6, 6.07) is 8.23. The van der Waals surface area contributed by atoms with Crippen molar-refractivity contribution in [2.45, 2.75) is 13.0 Å². The number of hydrogen-bond donors (Lipinski definition) is 1. The molecule has 0 amide bonds. The van der Waals surface area contributed by atoms with Crippen LogP contribution in [0.4, 0.5) is 0 Å². The molecule has 0 spiro atoms. The van der Waals surface area contributed by atoms with Crippen molar-refractivity contribution in [1.29, 1.82) is 0 Å². The number of aromatic nitrogens is 1. The van der Waals surface area contributed by atoms with Gasteiger partial charge in [0.2, 0.25) is 0 Å². The number of nitrogens with two attached hydrogens (primary N) is 1. The molecule has 2 rings (SSSR count). The number of hydrogen-bond acceptors (Lipinski definition) is 2. The second kappa shape index (κ2) is 4.36. The Hall–Kier alpha value is -1.48. The minimum absolute atomic E-state index is 0.732. The summed E-state index contributed by atoms with van der Waals surface area (Å²) >= 11 is 0. The lowest BCUT2D eigenvalue weighted by Gasteiger charge is -2.04. The van der Waals surface area contributed by atoms with Crippen molar-refractivity contribution in [2.75, 3.05) is 13.7 Å². The van der Waals surface area contributed by atoms with E-state index in [4.69, 9.17) is 10.5 Å². The molecule has 0 atom stereocenters. The molecule has 0 aliphatic carbocycles. The third-order valence-corrected chi connectivity index (χ3v) is 2.58. The number of fused-ring (bicyclic) bond motifs is 1. The SMILES string of the molecule is COc1ccc2c(ccn2CCCN)c1. The average Bonchev–Trinajstić information content (AvgIpc) is 2.68. The van der Waals surface area contributed by atoms with E-state index < -0.39 is 0 Å². The molecule has 0 radical (unpaired) electrons. The Morgan fingerprint density at radius 2 is 2.20 bits per heavy atom. The standard InChI is InChI=1S/C12H16N2O/c1-15-11-3-4-12-10(9-11)5-8-14(12)7-2-6-13/h3-5,8-9H,2,6-7,13H2,1H3. The highest BCUT2D eigenvalue weighted by atomic mass is 16.5. The van der Waals surface area contributed by atoms with Gasteiger partial charge < -0.3 is 15.0 Å². The quantitative estimate of drug-likeness (QED) is 0.827. The monoisotopic (exact) mass is 204 g/mol. The van der Waals surface area contributed by atoms with Crippen molar-refractivity contribution >= 4 is 10.9 Å². The third-order valence-electron chi connectivity index (χ3n) is 2.58. The van der Waals surface area contributed by atoms with Gasteiger partial charge in [-0.2, -0.15) is 0 Å². The van der Waals surface area contributed by atoms with Gasteiger partial charge in [-0.05, 0) is 37.2 Å². The van der Waals surface area contributed by atoms with E-state index in [0.29, 0.717) is 0 Å². The Morgan fingerprint density at radius 1 is 1.33 bits per heavy atom. The maximum atomic E-state index is 5.50. The van der Waals surface area contributed by atoms with Gasteiger partial charge in [-0.3, -0.25) is 0 Å². The average molecular weight is 204 g/mol. The Labute approximate surface area is 89.4 Å². The molecule has 1 heterocycles. The Bertz CT molecular complexity index is 448. The number of ether oxygens (including phenoxy) is 1. The molecule has 0 fully saturated rings. The smallest absolute Gasteiger partial charge is 0.119 e. The van der Waals surface area contributed by atoms with Gasteiger partial charge in [0.15, 0.2) is 0 Å². The molecule has 0 bridgehead atoms. The molecule has 2 N–H and O–H groups in total. The number of benzene rings is 1. The van der Waals surface area contributed by atoms with Crippen molar-refractivity contribution in [3.8, 4) is 5.75 Å². The first kappa shape index (κ1) is 10.1. The number of rotatable bonds is 4. The van der Waals surface area contributed by atoms with Gasteiger partial charge in [0, 0.05) is 23.6 Å². The van der Waals surface area contributed by atoms with E-state index in [1.54, 1.807) is 7.11 Å². The van der Waals surface area contributed by atoms with Crippen LogP contribution in [0.2, 0.25) is 0 Å². The Kier molecular flexibility index (Phi) is 2.92. The largest absolute Gasteiger partial charge is 0.497 e. The minimum atomic E-state index is 0.732. The van der Waals surface area contributed by atoms with E-state index in [1.807, 2.05) is 12.1 Å². The summed E-state index contributed by atoms with van der Waals surface area (Å²) in [6.45, 7) is 1.71. The summed E-state index contributed by atoms with van der Waals surface area (Å²) in [5, 5.41) is 1.21. The summed E-state index contributed by atoms with van der Waals surface area (Å²) in [5.41, 5.74) is 6.74. The molecule has 0 aliphatic rings. The Morgan fingerprint density at radius 3 is 2.93 bits per heavy atom. The fraction of sp³-hybridized carbons (Fsp3) is 0.333. The van der Waals surface area contributed by atoms with Gasteiger partial charge in [-0.1, -0.05) is 0 Å². The zero-order valence-electron chi connectivity index (χ0n) is 8.94. The summed E-state index contributed by atoms with van der Waals surface area (Å²) in [4.78, 5) is 0. The topological polar surface area (TPSA) is 40.2 Å². The van der Waals surface area contributed by atoms with Gasteiger partial charge in [0.25, 0.3) is 0 Å². The molecule has 15 heavy (non-hydrogen) atoms. The summed E-state index contributed by atoms with van der Waals surface area (Å²) in [6.07, 6.45) is 3.11. The van der Waals surface area contributed by atoms with Crippen LogP contribution >= 0.6 is 0 Å². The maximum Gasteiger partial charge on any atom is 0.119 e. The first-order valence-corrected chi connectivity index (χ1v) is 5.18. The zero-order valence-corrected chi connectivity index (χ0v) is 8.94. The highest BCUT2D eigenvalue weighted by Gasteiger charge is 2.01. The highest BCUT2D eigenvalue weighted by Crippen LogP contribution is 2.21. The molecule has 80 valence electrons. The summed E-state index contributed by atoms with van der Waals surface area (Å²) < 4.78 is 7.41. The fourth-order valence-corrected chi connectivity index (χ4v) is 1.76. The van der Waals surface area contributed by atoms with Crippen molar-refractivity contribution in [3.63, 3.8) is 0 Å². The lowest BCUT2D eigenvalue weighted by Crippen LogP contribution is -2.04. The lowest BCUT2D eigenvalue weighted by molar-refractivity contribution is 0.415. The first-order valence-electron chi connectivity index (χ1n) is 5.18. The molecule has 3 nitrogen and oxygen atoms in total. The normalized spacial score (nSPS) is 10.8. The van der Waals surface area contributed by atoms with Gasteiger partial charge >= 0.3 is 0 Å². The maximum absolute atomic E-state index is 5.50. The van der Waals surface area contributed by atoms with Gasteiger partial charge in [0.1, 0.15) is 5.75 Å². The van der Waals surface area contributed by atoms with Crippen molar-refractivity contribution in [3.05, 3.63) is 30.5 Å². The van der Waals surface area contributed by atoms with E-state index in [1.165, 1.54) is 10.9 Å². The molecule has 3 heteroatoms. The highest BCUT2D eigenvalue weighted by molar-refractivity contribution is 5.81. The van der Waals surface area contributed by atoms with Crippen LogP contribution in [0.15, 0.2) is 30.5 Å². The molecule has 0 saturated carbocycles. The molecule has 0 unspecified atom stereocenters. The third kappa shape index (κ3) is 1.97. The molecule has 1 aromatic carbocycles. The molecular formula is C12H16N2O. The Balaban J connectivity index is 2.34. The molecule has 2 aromatic rings. The van der Waals surface area contributed by atoms with Crippen LogP contribution < -0.4 is 10.5 Å². The zero-order chi connectivity index (χ0) is 10.7. The predicted molar refractivity (Wildman–Crippen MR) is 62.2 cm³/mol. The van der Waals surface area contributed by atoms with Crippen LogP contribution in [-0.4, -0.2) is 18.2 Å². The number of methoxy groups -OCH3 is 1. The van der Waals surface area contributed by atoms with Crippen LogP contribution in [0.25, 0.3) is 10.9 Å². The van der Waals surface area contributed by atoms with E-state index >= 15 is 0 Å². The van der Waals surface area contributed by atoms with Crippen LogP contribution in [0.5, 0.6) is 5.75 Å². The first-order chi connectivity index (χ1) is 7.35. The second-order valence-corrected chi connectivity index (χ2v) is 3.58. The van der Waals surface area contributed by atoms with E-state index in [9.17, 15) is 0 Å². The summed E-state index contributed by atoms with van der Waals surface area (Å²) in [5.74, 6) is 0.902. The van der Waals surface area contributed by atoms with Crippen LogP contribution in [0.1, 0.15) is 6.42 Å². The predicted octanol–water partition coefficient (Wildman–Crippen LogP) is 2.00. The number of aryl methyl sites for hydroxylation is 1. The van der Waals surface area contributed by atoms with Crippen LogP contribution in [0.3, 0.4) is 0 Å². The van der Waals surface area contributed by atoms with Gasteiger partial charge in [-0.25, -0.2) is 0 Å². The van der Waals surface area contributed by atoms with Crippen molar-refractivity contribution in [1.82, 2.24) is 4.57 Å². The van der Waals surface area contributed by atoms with E-state index in [2.05, 4.69) is 22.9 Å². The number of nitrogens with zero attached hydrogens (tertiary/aromatic N) is 1. The van der Waals surface area contributed by atoms with E-state index in [-0.39, 0.29) is 0 Å². The van der Waals surface area contributed by atoms with Crippen molar-refractivity contribution < 1.29 is 4.74 Å². The lowest BCUT2D eigenvalue weighted by atomic mass is 10.2. The van der Waals surface area contributed by atoms with Gasteiger partial charge in [0.05, 0.1) is 7.11 Å². The fourth-order valence-electron chi connectivity index (χ4n) is 1.76. The van der Waals surface area contributed by atoms with Crippen LogP contribution in [-0.2, 0) is 6.54 Å². The molecule has 0 saturated heterocycles. The second-order valence-electron chi connectivity index (χ2n) is 3.58. The molecule has 0 aliphatic heterocycles. The molecular weight excluding hydrogens is 188 g/mol. The van der Waals surface area contributed by atoms with Crippen molar-refractivity contribution in [2.24, 2.45) is 5.73 Å². The summed E-state index contributed by atoms with van der Waals surface area (Å²) in [7, 11) is 1.69. The van der Waals surface area contributed by atoms with Crippen LogP contribution in [0, 0.1) is 0 Å². The van der Waals surface area contributed by atoms with Gasteiger partial charge in [-0.15, -0.1) is 0 Å².